The van der Waals surface area contributed by atoms with E-state index in [1.165, 1.54) is 12.1 Å². The molecule has 0 unspecified atom stereocenters. The van der Waals surface area contributed by atoms with Crippen LogP contribution in [0.25, 0.3) is 0 Å². The number of aromatic nitrogens is 2. The summed E-state index contributed by atoms with van der Waals surface area (Å²) in [6.45, 7) is 0. The van der Waals surface area contributed by atoms with Crippen LogP contribution in [-0.2, 0) is 28.9 Å². The number of carbonyl (C=O) groups is 2. The molecular formula is C19H20FN3O4. The normalized spacial score (nSPS) is 13.1. The molecule has 1 heterocycles. The van der Waals surface area contributed by atoms with Gasteiger partial charge in [-0.3, -0.25) is 14.4 Å². The minimum atomic E-state index is -1.09. The Morgan fingerprint density at radius 1 is 1.19 bits per heavy atom. The fraction of sp³-hybridized carbons (Fsp3) is 0.368. The van der Waals surface area contributed by atoms with Crippen molar-refractivity contribution in [2.75, 3.05) is 5.32 Å². The van der Waals surface area contributed by atoms with Gasteiger partial charge < -0.3 is 10.4 Å². The van der Waals surface area contributed by atoms with E-state index in [2.05, 4.69) is 15.5 Å². The summed E-state index contributed by atoms with van der Waals surface area (Å²) in [5.41, 5.74) is 3.06. The summed E-state index contributed by atoms with van der Waals surface area (Å²) in [4.78, 5) is 34.3. The summed E-state index contributed by atoms with van der Waals surface area (Å²) in [5, 5.41) is 17.7. The second-order valence-electron chi connectivity index (χ2n) is 6.60. The molecule has 0 radical (unpaired) electrons. The van der Waals surface area contributed by atoms with Crippen LogP contribution in [0.5, 0.6) is 0 Å². The monoisotopic (exact) mass is 373 g/mol. The lowest BCUT2D eigenvalue weighted by molar-refractivity contribution is -0.138. The highest BCUT2D eigenvalue weighted by molar-refractivity contribution is 5.92. The van der Waals surface area contributed by atoms with Gasteiger partial charge in [0.15, 0.2) is 0 Å². The van der Waals surface area contributed by atoms with E-state index in [9.17, 15) is 18.8 Å². The number of hydrogen-bond donors (Lipinski definition) is 3. The first kappa shape index (κ1) is 18.8. The molecule has 2 aromatic rings. The molecule has 0 fully saturated rings. The molecule has 0 saturated carbocycles. The van der Waals surface area contributed by atoms with Gasteiger partial charge in [0.25, 0.3) is 5.56 Å². The minimum Gasteiger partial charge on any atom is -0.481 e. The van der Waals surface area contributed by atoms with Crippen molar-refractivity contribution in [3.63, 3.8) is 0 Å². The molecular weight excluding hydrogens is 353 g/mol. The predicted octanol–water partition coefficient (Wildman–Crippen LogP) is 2.18. The molecule has 0 spiro atoms. The largest absolute Gasteiger partial charge is 0.481 e. The van der Waals surface area contributed by atoms with Gasteiger partial charge in [0.05, 0.1) is 17.8 Å². The van der Waals surface area contributed by atoms with E-state index in [0.29, 0.717) is 6.42 Å². The van der Waals surface area contributed by atoms with Crippen molar-refractivity contribution >= 4 is 17.6 Å². The average molecular weight is 373 g/mol. The third-order valence-corrected chi connectivity index (χ3v) is 4.63. The summed E-state index contributed by atoms with van der Waals surface area (Å²) in [5.74, 6) is -2.25. The van der Waals surface area contributed by atoms with Crippen LogP contribution < -0.4 is 10.9 Å². The van der Waals surface area contributed by atoms with Crippen LogP contribution in [0.4, 0.5) is 10.1 Å². The van der Waals surface area contributed by atoms with Gasteiger partial charge in [-0.25, -0.2) is 9.49 Å². The van der Waals surface area contributed by atoms with Gasteiger partial charge >= 0.3 is 5.97 Å². The highest BCUT2D eigenvalue weighted by atomic mass is 19.1. The lowest BCUT2D eigenvalue weighted by Gasteiger charge is -2.17. The third kappa shape index (κ3) is 4.58. The maximum absolute atomic E-state index is 14.0. The Morgan fingerprint density at radius 2 is 1.93 bits per heavy atom. The first-order valence-electron chi connectivity index (χ1n) is 8.83. The first-order valence-corrected chi connectivity index (χ1v) is 8.83. The van der Waals surface area contributed by atoms with Crippen LogP contribution in [0.2, 0.25) is 0 Å². The first-order chi connectivity index (χ1) is 12.9. The maximum Gasteiger partial charge on any atom is 0.303 e. The van der Waals surface area contributed by atoms with E-state index in [1.54, 1.807) is 6.07 Å². The Morgan fingerprint density at radius 3 is 2.67 bits per heavy atom. The number of fused-ring (bicyclic) bond motifs is 1. The van der Waals surface area contributed by atoms with Gasteiger partial charge in [-0.2, -0.15) is 5.10 Å². The van der Waals surface area contributed by atoms with Crippen molar-refractivity contribution in [2.45, 2.75) is 44.9 Å². The van der Waals surface area contributed by atoms with E-state index in [-0.39, 0.29) is 24.1 Å². The Labute approximate surface area is 154 Å². The van der Waals surface area contributed by atoms with Crippen molar-refractivity contribution in [1.29, 1.82) is 0 Å². The molecule has 7 nitrogen and oxygen atoms in total. The minimum absolute atomic E-state index is 0.00109. The van der Waals surface area contributed by atoms with Crippen LogP contribution >= 0.6 is 0 Å². The predicted molar refractivity (Wildman–Crippen MR) is 96.2 cm³/mol. The highest BCUT2D eigenvalue weighted by Gasteiger charge is 2.18. The van der Waals surface area contributed by atoms with E-state index in [0.717, 1.165) is 48.1 Å². The number of halogens is 1. The Balaban J connectivity index is 1.80. The van der Waals surface area contributed by atoms with Crippen LogP contribution in [0, 0.1) is 5.82 Å². The number of benzene rings is 1. The molecule has 0 aliphatic heterocycles. The zero-order valence-corrected chi connectivity index (χ0v) is 14.7. The molecule has 27 heavy (non-hydrogen) atoms. The molecule has 1 aromatic carbocycles. The third-order valence-electron chi connectivity index (χ3n) is 4.63. The van der Waals surface area contributed by atoms with Gasteiger partial charge in [0.2, 0.25) is 5.91 Å². The standard InChI is InChI=1S/C19H20FN3O4/c20-14-6-5-11(10-16(14)21-17(24)7-8-18(25)26)9-15-12-3-1-2-4-13(12)19(27)23-22-15/h5-6,10H,1-4,7-9H2,(H,21,24)(H,23,27)(H,25,26). The van der Waals surface area contributed by atoms with Crippen LogP contribution in [0.3, 0.4) is 0 Å². The SMILES string of the molecule is O=C(O)CCC(=O)Nc1cc(Cc2n[nH]c(=O)c3c2CCCC3)ccc1F. The van der Waals surface area contributed by atoms with E-state index < -0.39 is 17.7 Å². The zero-order chi connectivity index (χ0) is 19.4. The Kier molecular flexibility index (Phi) is 5.63. The molecule has 142 valence electrons. The van der Waals surface area contributed by atoms with Gasteiger partial charge in [-0.1, -0.05) is 6.07 Å². The van der Waals surface area contributed by atoms with Gasteiger partial charge in [0, 0.05) is 18.4 Å². The topological polar surface area (TPSA) is 112 Å². The van der Waals surface area contributed by atoms with Crippen molar-refractivity contribution in [2.24, 2.45) is 0 Å². The lowest BCUT2D eigenvalue weighted by atomic mass is 9.90. The molecule has 1 aliphatic carbocycles. The Bertz CT molecular complexity index is 939. The number of anilines is 1. The van der Waals surface area contributed by atoms with Crippen LogP contribution in [-0.4, -0.2) is 27.2 Å². The molecule has 1 aliphatic rings. The quantitative estimate of drug-likeness (QED) is 0.718. The fourth-order valence-corrected chi connectivity index (χ4v) is 3.28. The number of carboxylic acid groups (broad SMARTS) is 1. The van der Waals surface area contributed by atoms with Crippen LogP contribution in [0.1, 0.15) is 48.1 Å². The van der Waals surface area contributed by atoms with E-state index in [1.807, 2.05) is 0 Å². The van der Waals surface area contributed by atoms with E-state index in [4.69, 9.17) is 5.11 Å². The molecule has 0 saturated heterocycles. The second kappa shape index (κ2) is 8.11. The van der Waals surface area contributed by atoms with Crippen LogP contribution in [0.15, 0.2) is 23.0 Å². The average Bonchev–Trinajstić information content (AvgIpc) is 2.65. The summed E-state index contributed by atoms with van der Waals surface area (Å²) < 4.78 is 14.0. The molecule has 3 rings (SSSR count). The number of carbonyl (C=O) groups excluding carboxylic acids is 1. The molecule has 0 atom stereocenters. The number of amides is 1. The summed E-state index contributed by atoms with van der Waals surface area (Å²) in [7, 11) is 0. The van der Waals surface area contributed by atoms with Crippen molar-refractivity contribution in [3.05, 3.63) is 56.8 Å². The molecule has 1 amide bonds. The number of aromatic amines is 1. The van der Waals surface area contributed by atoms with Gasteiger partial charge in [-0.15, -0.1) is 0 Å². The number of nitrogens with zero attached hydrogens (tertiary/aromatic N) is 1. The van der Waals surface area contributed by atoms with Gasteiger partial charge in [0.1, 0.15) is 5.82 Å². The molecule has 1 aromatic heterocycles. The van der Waals surface area contributed by atoms with E-state index >= 15 is 0 Å². The molecule has 8 heteroatoms. The number of nitrogens with one attached hydrogen (secondary N) is 2. The lowest BCUT2D eigenvalue weighted by Crippen LogP contribution is -2.23. The zero-order valence-electron chi connectivity index (χ0n) is 14.7. The van der Waals surface area contributed by atoms with Crippen molar-refractivity contribution in [1.82, 2.24) is 10.2 Å². The summed E-state index contributed by atoms with van der Waals surface area (Å²) in [6.07, 6.45) is 3.35. The van der Waals surface area contributed by atoms with Crippen molar-refractivity contribution in [3.8, 4) is 0 Å². The fourth-order valence-electron chi connectivity index (χ4n) is 3.28. The number of hydrogen-bond acceptors (Lipinski definition) is 4. The number of H-pyrrole nitrogens is 1. The van der Waals surface area contributed by atoms with Crippen molar-refractivity contribution < 1.29 is 19.1 Å². The molecule has 3 N–H and O–H groups in total. The Hall–Kier alpha value is -3.03. The van der Waals surface area contributed by atoms with Gasteiger partial charge in [-0.05, 0) is 48.9 Å². The number of rotatable bonds is 6. The second-order valence-corrected chi connectivity index (χ2v) is 6.60. The number of aliphatic carboxylic acids is 1. The summed E-state index contributed by atoms with van der Waals surface area (Å²) >= 11 is 0. The highest BCUT2D eigenvalue weighted by Crippen LogP contribution is 2.24. The summed E-state index contributed by atoms with van der Waals surface area (Å²) in [6, 6.07) is 4.36. The smallest absolute Gasteiger partial charge is 0.303 e. The maximum atomic E-state index is 14.0. The number of carboxylic acids is 1. The molecule has 0 bridgehead atoms.